The van der Waals surface area contributed by atoms with Crippen LogP contribution in [0.25, 0.3) is 0 Å². The Balaban J connectivity index is 1.62. The Morgan fingerprint density at radius 1 is 1.32 bits per heavy atom. The van der Waals surface area contributed by atoms with E-state index in [0.29, 0.717) is 17.1 Å². The van der Waals surface area contributed by atoms with Crippen molar-refractivity contribution in [3.05, 3.63) is 29.8 Å². The molecule has 0 bridgehead atoms. The summed E-state index contributed by atoms with van der Waals surface area (Å²) in [4.78, 5) is 15.6. The summed E-state index contributed by atoms with van der Waals surface area (Å²) in [5.74, 6) is 1.06. The van der Waals surface area contributed by atoms with Gasteiger partial charge in [-0.15, -0.1) is 11.8 Å². The maximum absolute atomic E-state index is 12.1. The Morgan fingerprint density at radius 3 is 3.00 bits per heavy atom. The second kappa shape index (κ2) is 5.58. The molecule has 2 aliphatic rings. The van der Waals surface area contributed by atoms with E-state index in [9.17, 15) is 4.79 Å². The number of benzene rings is 1. The van der Waals surface area contributed by atoms with Crippen LogP contribution in [0.2, 0.25) is 0 Å². The number of nitrogens with zero attached hydrogens (tertiary/aromatic N) is 1. The molecule has 2 aliphatic heterocycles. The SMILES string of the molecule is CC1CCC(=O)N(CC2Cc3ccccc3S2)CC1. The summed E-state index contributed by atoms with van der Waals surface area (Å²) >= 11 is 1.95. The van der Waals surface area contributed by atoms with Crippen molar-refractivity contribution in [3.8, 4) is 0 Å². The summed E-state index contributed by atoms with van der Waals surface area (Å²) in [6.45, 7) is 4.13. The monoisotopic (exact) mass is 275 g/mol. The highest BCUT2D eigenvalue weighted by molar-refractivity contribution is 8.00. The fourth-order valence-electron chi connectivity index (χ4n) is 2.97. The van der Waals surface area contributed by atoms with Crippen LogP contribution in [0.3, 0.4) is 0 Å². The number of hydrogen-bond acceptors (Lipinski definition) is 2. The number of rotatable bonds is 2. The third kappa shape index (κ3) is 2.97. The number of carbonyl (C=O) groups is 1. The van der Waals surface area contributed by atoms with E-state index < -0.39 is 0 Å². The van der Waals surface area contributed by atoms with E-state index in [0.717, 1.165) is 38.8 Å². The standard InChI is InChI=1S/C16H21NOS/c1-12-6-7-16(18)17(9-8-12)11-14-10-13-4-2-3-5-15(13)19-14/h2-5,12,14H,6-11H2,1H3. The van der Waals surface area contributed by atoms with Crippen molar-refractivity contribution >= 4 is 17.7 Å². The molecule has 1 aromatic rings. The first-order valence-corrected chi connectivity index (χ1v) is 8.12. The maximum atomic E-state index is 12.1. The molecule has 1 amide bonds. The first-order chi connectivity index (χ1) is 9.22. The van der Waals surface area contributed by atoms with Gasteiger partial charge in [0.25, 0.3) is 0 Å². The first kappa shape index (κ1) is 13.0. The molecule has 0 spiro atoms. The summed E-state index contributed by atoms with van der Waals surface area (Å²) in [6.07, 6.45) is 4.08. The third-order valence-electron chi connectivity index (χ3n) is 4.23. The quantitative estimate of drug-likeness (QED) is 0.825. The predicted octanol–water partition coefficient (Wildman–Crippen LogP) is 3.35. The van der Waals surface area contributed by atoms with Gasteiger partial charge in [-0.05, 0) is 36.8 Å². The van der Waals surface area contributed by atoms with Crippen LogP contribution >= 0.6 is 11.8 Å². The lowest BCUT2D eigenvalue weighted by Crippen LogP contribution is -2.36. The van der Waals surface area contributed by atoms with E-state index in [1.807, 2.05) is 11.8 Å². The normalized spacial score (nSPS) is 27.2. The van der Waals surface area contributed by atoms with Gasteiger partial charge in [-0.2, -0.15) is 0 Å². The smallest absolute Gasteiger partial charge is 0.222 e. The molecular weight excluding hydrogens is 254 g/mol. The topological polar surface area (TPSA) is 20.3 Å². The summed E-state index contributed by atoms with van der Waals surface area (Å²) in [7, 11) is 0. The van der Waals surface area contributed by atoms with Crippen molar-refractivity contribution in [1.82, 2.24) is 4.90 Å². The molecule has 0 aliphatic carbocycles. The lowest BCUT2D eigenvalue weighted by molar-refractivity contribution is -0.130. The van der Waals surface area contributed by atoms with Crippen LogP contribution in [0.1, 0.15) is 31.7 Å². The molecule has 19 heavy (non-hydrogen) atoms. The van der Waals surface area contributed by atoms with E-state index in [-0.39, 0.29) is 0 Å². The van der Waals surface area contributed by atoms with Gasteiger partial charge in [0.15, 0.2) is 0 Å². The van der Waals surface area contributed by atoms with Gasteiger partial charge in [0.1, 0.15) is 0 Å². The Kier molecular flexibility index (Phi) is 3.83. The molecule has 1 fully saturated rings. The zero-order valence-electron chi connectivity index (χ0n) is 11.5. The molecule has 2 unspecified atom stereocenters. The number of carbonyl (C=O) groups excluding carboxylic acids is 1. The Hall–Kier alpha value is -0.960. The largest absolute Gasteiger partial charge is 0.342 e. The molecule has 102 valence electrons. The van der Waals surface area contributed by atoms with E-state index in [2.05, 4.69) is 36.1 Å². The Labute approximate surface area is 119 Å². The van der Waals surface area contributed by atoms with Gasteiger partial charge in [-0.25, -0.2) is 0 Å². The van der Waals surface area contributed by atoms with Gasteiger partial charge < -0.3 is 4.90 Å². The molecular formula is C16H21NOS. The highest BCUT2D eigenvalue weighted by Gasteiger charge is 2.27. The second-order valence-corrected chi connectivity index (χ2v) is 7.17. The maximum Gasteiger partial charge on any atom is 0.222 e. The fraction of sp³-hybridized carbons (Fsp3) is 0.562. The molecule has 1 saturated heterocycles. The van der Waals surface area contributed by atoms with E-state index in [1.165, 1.54) is 10.5 Å². The molecule has 2 nitrogen and oxygen atoms in total. The molecule has 0 saturated carbocycles. The number of hydrogen-bond donors (Lipinski definition) is 0. The van der Waals surface area contributed by atoms with Gasteiger partial charge in [0.05, 0.1) is 0 Å². The molecule has 0 aromatic heterocycles. The molecule has 1 aromatic carbocycles. The van der Waals surface area contributed by atoms with Crippen LogP contribution in [0, 0.1) is 5.92 Å². The van der Waals surface area contributed by atoms with Crippen molar-refractivity contribution in [1.29, 1.82) is 0 Å². The second-order valence-electron chi connectivity index (χ2n) is 5.82. The van der Waals surface area contributed by atoms with Crippen molar-refractivity contribution < 1.29 is 4.79 Å². The average molecular weight is 275 g/mol. The number of thioether (sulfide) groups is 1. The number of fused-ring (bicyclic) bond motifs is 1. The van der Waals surface area contributed by atoms with Gasteiger partial charge in [-0.3, -0.25) is 4.79 Å². The van der Waals surface area contributed by atoms with Crippen LogP contribution in [-0.2, 0) is 11.2 Å². The van der Waals surface area contributed by atoms with Crippen LogP contribution < -0.4 is 0 Å². The van der Waals surface area contributed by atoms with Crippen LogP contribution in [0.15, 0.2) is 29.2 Å². The molecule has 3 rings (SSSR count). The van der Waals surface area contributed by atoms with Crippen LogP contribution in [0.5, 0.6) is 0 Å². The molecule has 0 N–H and O–H groups in total. The highest BCUT2D eigenvalue weighted by atomic mass is 32.2. The Bertz CT molecular complexity index is 449. The highest BCUT2D eigenvalue weighted by Crippen LogP contribution is 2.37. The lowest BCUT2D eigenvalue weighted by Gasteiger charge is -2.23. The molecule has 2 heterocycles. The molecule has 0 radical (unpaired) electrons. The number of likely N-dealkylation sites (tertiary alicyclic amines) is 1. The van der Waals surface area contributed by atoms with E-state index >= 15 is 0 Å². The van der Waals surface area contributed by atoms with Gasteiger partial charge in [0.2, 0.25) is 5.91 Å². The molecule has 3 heteroatoms. The predicted molar refractivity (Wildman–Crippen MR) is 79.4 cm³/mol. The van der Waals surface area contributed by atoms with Crippen molar-refractivity contribution in [2.45, 2.75) is 42.8 Å². The average Bonchev–Trinajstić information content (AvgIpc) is 2.75. The molecule has 2 atom stereocenters. The summed E-state index contributed by atoms with van der Waals surface area (Å²) in [5.41, 5.74) is 1.45. The van der Waals surface area contributed by atoms with Crippen molar-refractivity contribution in [2.75, 3.05) is 13.1 Å². The van der Waals surface area contributed by atoms with Gasteiger partial charge >= 0.3 is 0 Å². The van der Waals surface area contributed by atoms with E-state index in [1.54, 1.807) is 0 Å². The minimum atomic E-state index is 0.362. The summed E-state index contributed by atoms with van der Waals surface area (Å²) in [6, 6.07) is 8.63. The van der Waals surface area contributed by atoms with Gasteiger partial charge in [-0.1, -0.05) is 25.1 Å². The van der Waals surface area contributed by atoms with Crippen molar-refractivity contribution in [2.24, 2.45) is 5.92 Å². The Morgan fingerprint density at radius 2 is 2.16 bits per heavy atom. The number of amides is 1. The summed E-state index contributed by atoms with van der Waals surface area (Å²) < 4.78 is 0. The zero-order chi connectivity index (χ0) is 13.2. The third-order valence-corrected chi connectivity index (χ3v) is 5.53. The van der Waals surface area contributed by atoms with E-state index in [4.69, 9.17) is 0 Å². The zero-order valence-corrected chi connectivity index (χ0v) is 12.3. The lowest BCUT2D eigenvalue weighted by atomic mass is 10.0. The minimum absolute atomic E-state index is 0.362. The van der Waals surface area contributed by atoms with Crippen molar-refractivity contribution in [3.63, 3.8) is 0 Å². The first-order valence-electron chi connectivity index (χ1n) is 7.24. The van der Waals surface area contributed by atoms with Crippen LogP contribution in [0.4, 0.5) is 0 Å². The van der Waals surface area contributed by atoms with Crippen LogP contribution in [-0.4, -0.2) is 29.1 Å². The minimum Gasteiger partial charge on any atom is -0.342 e. The fourth-order valence-corrected chi connectivity index (χ4v) is 4.30. The van der Waals surface area contributed by atoms with Gasteiger partial charge in [0, 0.05) is 29.7 Å². The summed E-state index contributed by atoms with van der Waals surface area (Å²) in [5, 5.41) is 0.551.